The second-order valence-corrected chi connectivity index (χ2v) is 7.16. The molecule has 0 aliphatic rings. The van der Waals surface area contributed by atoms with Crippen molar-refractivity contribution in [1.82, 2.24) is 9.97 Å². The standard InChI is InChI=1S/C23H32N6O3.C2H6/c1-4-7-12-18(15-30)26-22-27-20(25)19(24)21(28-22)29(23(31)32-6-3)14-17-11-8-10-16(13-17)9-5-2;1-2/h4-5,8,10-11,13,18,30H,1-2,6-7,9,12,14-15,24H2,3H3,(H3,25,26,27,28);1-2H3. The van der Waals surface area contributed by atoms with E-state index in [0.29, 0.717) is 19.3 Å². The molecule has 0 saturated carbocycles. The molecule has 1 heterocycles. The number of aliphatic hydroxyl groups excluding tert-OH is 1. The summed E-state index contributed by atoms with van der Waals surface area (Å²) in [7, 11) is 0. The van der Waals surface area contributed by atoms with E-state index < -0.39 is 6.09 Å². The van der Waals surface area contributed by atoms with Crippen molar-refractivity contribution < 1.29 is 14.6 Å². The molecule has 2 aromatic rings. The van der Waals surface area contributed by atoms with Crippen LogP contribution in [0, 0.1) is 0 Å². The van der Waals surface area contributed by atoms with Crippen molar-refractivity contribution in [3.63, 3.8) is 0 Å². The molecular formula is C25H38N6O3. The third-order valence-electron chi connectivity index (χ3n) is 4.68. The summed E-state index contributed by atoms with van der Waals surface area (Å²) in [5, 5.41) is 12.7. The number of ether oxygens (including phenoxy) is 1. The van der Waals surface area contributed by atoms with Crippen molar-refractivity contribution in [1.29, 1.82) is 0 Å². The zero-order valence-electron chi connectivity index (χ0n) is 20.5. The van der Waals surface area contributed by atoms with Crippen LogP contribution >= 0.6 is 0 Å². The maximum absolute atomic E-state index is 12.8. The number of allylic oxidation sites excluding steroid dienone is 2. The Bertz CT molecular complexity index is 935. The quantitative estimate of drug-likeness (QED) is 0.337. The maximum atomic E-state index is 12.8. The zero-order valence-corrected chi connectivity index (χ0v) is 20.5. The van der Waals surface area contributed by atoms with Crippen LogP contribution in [0.2, 0.25) is 0 Å². The van der Waals surface area contributed by atoms with Gasteiger partial charge in [0.25, 0.3) is 0 Å². The number of hydrogen-bond acceptors (Lipinski definition) is 8. The molecule has 186 valence electrons. The Labute approximate surface area is 202 Å². The number of aliphatic hydroxyl groups is 1. The number of aromatic nitrogens is 2. The maximum Gasteiger partial charge on any atom is 0.415 e. The summed E-state index contributed by atoms with van der Waals surface area (Å²) in [6, 6.07) is 7.46. The lowest BCUT2D eigenvalue weighted by Gasteiger charge is -2.24. The van der Waals surface area contributed by atoms with E-state index in [4.69, 9.17) is 16.2 Å². The Hall–Kier alpha value is -3.59. The minimum atomic E-state index is -0.609. The first-order valence-electron chi connectivity index (χ1n) is 11.5. The molecule has 9 nitrogen and oxygen atoms in total. The number of anilines is 4. The molecular weight excluding hydrogens is 432 g/mol. The van der Waals surface area contributed by atoms with Crippen LogP contribution < -0.4 is 21.7 Å². The number of nitrogens with zero attached hydrogens (tertiary/aromatic N) is 3. The second-order valence-electron chi connectivity index (χ2n) is 7.16. The number of amides is 1. The van der Waals surface area contributed by atoms with Gasteiger partial charge in [0, 0.05) is 0 Å². The Morgan fingerprint density at radius 1 is 1.24 bits per heavy atom. The molecule has 34 heavy (non-hydrogen) atoms. The molecule has 0 fully saturated rings. The molecule has 0 radical (unpaired) electrons. The summed E-state index contributed by atoms with van der Waals surface area (Å²) >= 11 is 0. The average Bonchev–Trinajstić information content (AvgIpc) is 2.84. The molecule has 1 atom stereocenters. The molecule has 0 saturated heterocycles. The van der Waals surface area contributed by atoms with Gasteiger partial charge in [0.2, 0.25) is 5.95 Å². The molecule has 1 amide bonds. The Balaban J connectivity index is 0.00000281. The molecule has 1 aromatic heterocycles. The summed E-state index contributed by atoms with van der Waals surface area (Å²) in [5.41, 5.74) is 14.2. The van der Waals surface area contributed by atoms with Gasteiger partial charge in [0.05, 0.1) is 25.8 Å². The minimum Gasteiger partial charge on any atom is -0.449 e. The van der Waals surface area contributed by atoms with Crippen LogP contribution in [0.15, 0.2) is 49.6 Å². The van der Waals surface area contributed by atoms with Crippen molar-refractivity contribution in [3.05, 3.63) is 60.7 Å². The number of benzene rings is 1. The first-order chi connectivity index (χ1) is 16.4. The topological polar surface area (TPSA) is 140 Å². The number of carbonyl (C=O) groups excluding carboxylic acids is 1. The molecule has 6 N–H and O–H groups in total. The Kier molecular flexibility index (Phi) is 12.8. The van der Waals surface area contributed by atoms with E-state index in [1.54, 1.807) is 13.0 Å². The highest BCUT2D eigenvalue weighted by Gasteiger charge is 2.24. The van der Waals surface area contributed by atoms with Gasteiger partial charge in [0.15, 0.2) is 11.6 Å². The lowest BCUT2D eigenvalue weighted by molar-refractivity contribution is 0.159. The molecule has 2 rings (SSSR count). The lowest BCUT2D eigenvalue weighted by atomic mass is 10.1. The van der Waals surface area contributed by atoms with Crippen molar-refractivity contribution in [2.45, 2.75) is 52.6 Å². The van der Waals surface area contributed by atoms with Gasteiger partial charge in [0.1, 0.15) is 5.69 Å². The van der Waals surface area contributed by atoms with Gasteiger partial charge in [-0.1, -0.05) is 50.3 Å². The van der Waals surface area contributed by atoms with Crippen LogP contribution in [-0.4, -0.2) is 40.4 Å². The number of hydrogen-bond donors (Lipinski definition) is 4. The molecule has 0 aliphatic carbocycles. The molecule has 1 unspecified atom stereocenters. The first kappa shape index (κ1) is 28.4. The van der Waals surface area contributed by atoms with E-state index in [1.807, 2.05) is 44.2 Å². The van der Waals surface area contributed by atoms with Gasteiger partial charge in [-0.3, -0.25) is 4.90 Å². The van der Waals surface area contributed by atoms with Crippen LogP contribution in [0.4, 0.5) is 28.1 Å². The predicted molar refractivity (Wildman–Crippen MR) is 140 cm³/mol. The fraction of sp³-hybridized carbons (Fsp3) is 0.400. The third-order valence-corrected chi connectivity index (χ3v) is 4.68. The second kappa shape index (κ2) is 15.3. The summed E-state index contributed by atoms with van der Waals surface area (Å²) < 4.78 is 5.24. The number of carbonyl (C=O) groups is 1. The van der Waals surface area contributed by atoms with Crippen molar-refractivity contribution in [2.24, 2.45) is 0 Å². The van der Waals surface area contributed by atoms with E-state index in [0.717, 1.165) is 11.1 Å². The SMILES string of the molecule is C=CCCC(CO)Nc1nc(N)c(N)c(N(Cc2cccc(CC=C)c2)C(=O)OCC)n1.CC. The van der Waals surface area contributed by atoms with E-state index in [9.17, 15) is 9.90 Å². The largest absolute Gasteiger partial charge is 0.449 e. The Morgan fingerprint density at radius 2 is 1.94 bits per heavy atom. The smallest absolute Gasteiger partial charge is 0.415 e. The molecule has 1 aromatic carbocycles. The number of nitrogens with two attached hydrogens (primary N) is 2. The normalized spacial score (nSPS) is 10.9. The van der Waals surface area contributed by atoms with Gasteiger partial charge in [-0.15, -0.1) is 13.2 Å². The van der Waals surface area contributed by atoms with Gasteiger partial charge in [-0.2, -0.15) is 9.97 Å². The summed E-state index contributed by atoms with van der Waals surface area (Å²) in [4.78, 5) is 22.7. The van der Waals surface area contributed by atoms with E-state index >= 15 is 0 Å². The number of nitrogens with one attached hydrogen (secondary N) is 1. The van der Waals surface area contributed by atoms with Gasteiger partial charge in [-0.25, -0.2) is 4.79 Å². The van der Waals surface area contributed by atoms with Crippen LogP contribution in [0.5, 0.6) is 0 Å². The number of rotatable bonds is 12. The summed E-state index contributed by atoms with van der Waals surface area (Å²) in [6.07, 6.45) is 5.00. The van der Waals surface area contributed by atoms with Crippen molar-refractivity contribution in [2.75, 3.05) is 34.9 Å². The van der Waals surface area contributed by atoms with Gasteiger partial charge >= 0.3 is 6.09 Å². The van der Waals surface area contributed by atoms with E-state index in [2.05, 4.69) is 28.4 Å². The fourth-order valence-electron chi connectivity index (χ4n) is 3.09. The fourth-order valence-corrected chi connectivity index (χ4v) is 3.09. The van der Waals surface area contributed by atoms with Crippen molar-refractivity contribution >= 4 is 29.4 Å². The van der Waals surface area contributed by atoms with Crippen molar-refractivity contribution in [3.8, 4) is 0 Å². The molecule has 0 aliphatic heterocycles. The highest BCUT2D eigenvalue weighted by atomic mass is 16.6. The average molecular weight is 471 g/mol. The monoisotopic (exact) mass is 470 g/mol. The molecule has 0 spiro atoms. The highest BCUT2D eigenvalue weighted by Crippen LogP contribution is 2.29. The highest BCUT2D eigenvalue weighted by molar-refractivity contribution is 5.92. The Morgan fingerprint density at radius 3 is 2.56 bits per heavy atom. The van der Waals surface area contributed by atoms with E-state index in [-0.39, 0.29) is 49.1 Å². The van der Waals surface area contributed by atoms with E-state index in [1.165, 1.54) is 4.90 Å². The summed E-state index contributed by atoms with van der Waals surface area (Å²) in [5.74, 6) is 0.310. The zero-order chi connectivity index (χ0) is 25.5. The minimum absolute atomic E-state index is 0.0209. The lowest BCUT2D eigenvalue weighted by Crippen LogP contribution is -2.33. The van der Waals surface area contributed by atoms with Crippen LogP contribution in [0.25, 0.3) is 0 Å². The van der Waals surface area contributed by atoms with Gasteiger partial charge in [-0.05, 0) is 37.3 Å². The van der Waals surface area contributed by atoms with Crippen LogP contribution in [0.3, 0.4) is 0 Å². The van der Waals surface area contributed by atoms with Crippen LogP contribution in [-0.2, 0) is 17.7 Å². The van der Waals surface area contributed by atoms with Crippen LogP contribution in [0.1, 0.15) is 44.7 Å². The summed E-state index contributed by atoms with van der Waals surface area (Å²) in [6.45, 7) is 13.4. The molecule has 9 heteroatoms. The first-order valence-corrected chi connectivity index (χ1v) is 11.5. The molecule has 0 bridgehead atoms. The predicted octanol–water partition coefficient (Wildman–Crippen LogP) is 4.30. The third kappa shape index (κ3) is 8.40. The van der Waals surface area contributed by atoms with Gasteiger partial charge < -0.3 is 26.6 Å². The number of nitrogen functional groups attached to an aromatic ring is 2.